The van der Waals surface area contributed by atoms with Crippen LogP contribution in [0.15, 0.2) is 24.3 Å². The summed E-state index contributed by atoms with van der Waals surface area (Å²) in [5.41, 5.74) is 7.37. The number of para-hydroxylation sites is 1. The third kappa shape index (κ3) is 3.36. The minimum Gasteiger partial charge on any atom is -0.330 e. The number of hydrogen-bond acceptors (Lipinski definition) is 2. The number of amides is 1. The molecule has 0 bridgehead atoms. The van der Waals surface area contributed by atoms with Crippen LogP contribution in [-0.2, 0) is 4.79 Å². The van der Waals surface area contributed by atoms with Crippen molar-refractivity contribution in [2.24, 2.45) is 11.7 Å². The normalized spacial score (nSPS) is 12.2. The molecule has 0 aliphatic heterocycles. The molecule has 0 heterocycles. The third-order valence-electron chi connectivity index (χ3n) is 2.45. The van der Waals surface area contributed by atoms with E-state index in [1.807, 2.05) is 38.1 Å². The Morgan fingerprint density at radius 3 is 2.73 bits per heavy atom. The Bertz CT molecular complexity index is 336. The zero-order valence-electron chi connectivity index (χ0n) is 9.29. The molecule has 0 fully saturated rings. The molecule has 0 aromatic heterocycles. The monoisotopic (exact) mass is 206 g/mol. The van der Waals surface area contributed by atoms with Crippen LogP contribution in [0.1, 0.15) is 18.9 Å². The number of nitrogens with two attached hydrogens (primary N) is 1. The topological polar surface area (TPSA) is 55.1 Å². The highest BCUT2D eigenvalue weighted by Crippen LogP contribution is 2.14. The van der Waals surface area contributed by atoms with E-state index in [1.165, 1.54) is 0 Å². The molecule has 0 aliphatic carbocycles. The first-order chi connectivity index (χ1) is 7.15. The SMILES string of the molecule is Cc1ccccc1NC(=O)C(C)CCN. The van der Waals surface area contributed by atoms with Gasteiger partial charge in [-0.05, 0) is 31.5 Å². The first kappa shape index (κ1) is 11.7. The number of carbonyl (C=O) groups excluding carboxylic acids is 1. The summed E-state index contributed by atoms with van der Waals surface area (Å²) < 4.78 is 0. The Balaban J connectivity index is 2.62. The fraction of sp³-hybridized carbons (Fsp3) is 0.417. The number of benzene rings is 1. The van der Waals surface area contributed by atoms with Crippen LogP contribution in [0.3, 0.4) is 0 Å². The Morgan fingerprint density at radius 1 is 1.47 bits per heavy atom. The van der Waals surface area contributed by atoms with Gasteiger partial charge < -0.3 is 11.1 Å². The van der Waals surface area contributed by atoms with E-state index in [-0.39, 0.29) is 11.8 Å². The van der Waals surface area contributed by atoms with E-state index in [9.17, 15) is 4.79 Å². The molecule has 1 amide bonds. The fourth-order valence-electron chi connectivity index (χ4n) is 1.35. The molecule has 0 saturated heterocycles. The first-order valence-corrected chi connectivity index (χ1v) is 5.21. The number of nitrogens with one attached hydrogen (secondary N) is 1. The van der Waals surface area contributed by atoms with Gasteiger partial charge in [-0.25, -0.2) is 0 Å². The van der Waals surface area contributed by atoms with E-state index in [1.54, 1.807) is 0 Å². The number of hydrogen-bond donors (Lipinski definition) is 2. The van der Waals surface area contributed by atoms with Gasteiger partial charge in [0.2, 0.25) is 5.91 Å². The molecular weight excluding hydrogens is 188 g/mol. The number of anilines is 1. The van der Waals surface area contributed by atoms with Crippen LogP contribution in [-0.4, -0.2) is 12.5 Å². The van der Waals surface area contributed by atoms with E-state index >= 15 is 0 Å². The highest BCUT2D eigenvalue weighted by atomic mass is 16.1. The molecule has 0 spiro atoms. The number of aryl methyl sites for hydroxylation is 1. The molecule has 0 saturated carbocycles. The predicted octanol–water partition coefficient (Wildman–Crippen LogP) is 1.92. The predicted molar refractivity (Wildman–Crippen MR) is 62.6 cm³/mol. The molecule has 1 rings (SSSR count). The van der Waals surface area contributed by atoms with Crippen LogP contribution in [0.5, 0.6) is 0 Å². The maximum atomic E-state index is 11.7. The van der Waals surface area contributed by atoms with Crippen molar-refractivity contribution in [1.29, 1.82) is 0 Å². The summed E-state index contributed by atoms with van der Waals surface area (Å²) in [7, 11) is 0. The van der Waals surface area contributed by atoms with Crippen LogP contribution in [0.4, 0.5) is 5.69 Å². The van der Waals surface area contributed by atoms with Gasteiger partial charge in [0.1, 0.15) is 0 Å². The lowest BCUT2D eigenvalue weighted by Crippen LogP contribution is -2.23. The highest BCUT2D eigenvalue weighted by Gasteiger charge is 2.12. The molecule has 82 valence electrons. The zero-order valence-corrected chi connectivity index (χ0v) is 9.29. The van der Waals surface area contributed by atoms with E-state index in [0.29, 0.717) is 6.54 Å². The molecule has 1 aromatic carbocycles. The van der Waals surface area contributed by atoms with Crippen molar-refractivity contribution < 1.29 is 4.79 Å². The molecule has 3 heteroatoms. The Labute approximate surface area is 90.7 Å². The average molecular weight is 206 g/mol. The van der Waals surface area contributed by atoms with Gasteiger partial charge in [-0.15, -0.1) is 0 Å². The van der Waals surface area contributed by atoms with Gasteiger partial charge in [0.05, 0.1) is 0 Å². The van der Waals surface area contributed by atoms with E-state index in [0.717, 1.165) is 17.7 Å². The molecule has 3 nitrogen and oxygen atoms in total. The average Bonchev–Trinajstić information content (AvgIpc) is 2.21. The molecule has 1 atom stereocenters. The fourth-order valence-corrected chi connectivity index (χ4v) is 1.35. The van der Waals surface area contributed by atoms with E-state index in [2.05, 4.69) is 5.32 Å². The Kier molecular flexibility index (Phi) is 4.31. The number of carbonyl (C=O) groups is 1. The second kappa shape index (κ2) is 5.51. The maximum absolute atomic E-state index is 11.7. The highest BCUT2D eigenvalue weighted by molar-refractivity contribution is 5.92. The van der Waals surface area contributed by atoms with Crippen molar-refractivity contribution >= 4 is 11.6 Å². The van der Waals surface area contributed by atoms with Crippen molar-refractivity contribution in [3.8, 4) is 0 Å². The maximum Gasteiger partial charge on any atom is 0.227 e. The second-order valence-electron chi connectivity index (χ2n) is 3.78. The third-order valence-corrected chi connectivity index (χ3v) is 2.45. The van der Waals surface area contributed by atoms with E-state index < -0.39 is 0 Å². The van der Waals surface area contributed by atoms with Gasteiger partial charge in [0.25, 0.3) is 0 Å². The van der Waals surface area contributed by atoms with Crippen molar-refractivity contribution in [3.63, 3.8) is 0 Å². The lowest BCUT2D eigenvalue weighted by Gasteiger charge is -2.12. The van der Waals surface area contributed by atoms with Gasteiger partial charge in [-0.1, -0.05) is 25.1 Å². The van der Waals surface area contributed by atoms with Gasteiger partial charge in [-0.3, -0.25) is 4.79 Å². The van der Waals surface area contributed by atoms with Crippen molar-refractivity contribution in [2.75, 3.05) is 11.9 Å². The summed E-state index contributed by atoms with van der Waals surface area (Å²) in [5.74, 6) is 0.00403. The van der Waals surface area contributed by atoms with E-state index in [4.69, 9.17) is 5.73 Å². The smallest absolute Gasteiger partial charge is 0.227 e. The van der Waals surface area contributed by atoms with Crippen LogP contribution in [0, 0.1) is 12.8 Å². The lowest BCUT2D eigenvalue weighted by molar-refractivity contribution is -0.119. The largest absolute Gasteiger partial charge is 0.330 e. The van der Waals surface area contributed by atoms with Crippen LogP contribution < -0.4 is 11.1 Å². The van der Waals surface area contributed by atoms with Crippen LogP contribution in [0.2, 0.25) is 0 Å². The van der Waals surface area contributed by atoms with Gasteiger partial charge in [-0.2, -0.15) is 0 Å². The first-order valence-electron chi connectivity index (χ1n) is 5.21. The van der Waals surface area contributed by atoms with Crippen LogP contribution >= 0.6 is 0 Å². The van der Waals surface area contributed by atoms with Crippen LogP contribution in [0.25, 0.3) is 0 Å². The lowest BCUT2D eigenvalue weighted by atomic mass is 10.1. The molecule has 1 unspecified atom stereocenters. The standard InChI is InChI=1S/C12H18N2O/c1-9-5-3-4-6-11(9)14-12(15)10(2)7-8-13/h3-6,10H,7-8,13H2,1-2H3,(H,14,15). The van der Waals surface area contributed by atoms with Gasteiger partial charge in [0.15, 0.2) is 0 Å². The second-order valence-corrected chi connectivity index (χ2v) is 3.78. The van der Waals surface area contributed by atoms with Crippen molar-refractivity contribution in [1.82, 2.24) is 0 Å². The summed E-state index contributed by atoms with van der Waals surface area (Å²) in [6.07, 6.45) is 0.720. The molecular formula is C12H18N2O. The summed E-state index contributed by atoms with van der Waals surface area (Å²) >= 11 is 0. The van der Waals surface area contributed by atoms with Gasteiger partial charge in [0, 0.05) is 11.6 Å². The summed E-state index contributed by atoms with van der Waals surface area (Å²) in [4.78, 5) is 11.7. The summed E-state index contributed by atoms with van der Waals surface area (Å²) in [6.45, 7) is 4.41. The number of rotatable bonds is 4. The molecule has 15 heavy (non-hydrogen) atoms. The Hall–Kier alpha value is -1.35. The quantitative estimate of drug-likeness (QED) is 0.790. The Morgan fingerprint density at radius 2 is 2.13 bits per heavy atom. The van der Waals surface area contributed by atoms with Crippen molar-refractivity contribution in [2.45, 2.75) is 20.3 Å². The summed E-state index contributed by atoms with van der Waals surface area (Å²) in [5, 5.41) is 2.90. The summed E-state index contributed by atoms with van der Waals surface area (Å²) in [6, 6.07) is 7.75. The molecule has 0 aliphatic rings. The minimum atomic E-state index is -0.0328. The van der Waals surface area contributed by atoms with Gasteiger partial charge >= 0.3 is 0 Å². The molecule has 0 radical (unpaired) electrons. The molecule has 1 aromatic rings. The minimum absolute atomic E-state index is 0.0328. The van der Waals surface area contributed by atoms with Crippen molar-refractivity contribution in [3.05, 3.63) is 29.8 Å². The molecule has 3 N–H and O–H groups in total. The zero-order chi connectivity index (χ0) is 11.3.